The highest BCUT2D eigenvalue weighted by atomic mass is 35.5. The third kappa shape index (κ3) is 8.51. The Labute approximate surface area is 210 Å². The molecule has 0 spiro atoms. The molecule has 1 N–H and O–H groups in total. The van der Waals surface area contributed by atoms with Crippen molar-refractivity contribution in [3.8, 4) is 0 Å². The maximum atomic E-state index is 13.1. The Balaban J connectivity index is 2.03. The first-order valence-corrected chi connectivity index (χ1v) is 12.8. The summed E-state index contributed by atoms with van der Waals surface area (Å²) >= 11 is 20.3. The molecule has 174 valence electrons. The first kappa shape index (κ1) is 26.8. The number of carbonyl (C=O) groups is 2. The molecule has 0 saturated carbocycles. The molecule has 0 unspecified atom stereocenters. The molecule has 0 heterocycles. The van der Waals surface area contributed by atoms with Crippen LogP contribution < -0.4 is 5.32 Å². The van der Waals surface area contributed by atoms with Gasteiger partial charge in [-0.1, -0.05) is 54.2 Å². The zero-order valence-corrected chi connectivity index (χ0v) is 21.5. The summed E-state index contributed by atoms with van der Waals surface area (Å²) in [5.74, 6) is 0.506. The summed E-state index contributed by atoms with van der Waals surface area (Å²) in [5, 5.41) is 4.57. The van der Waals surface area contributed by atoms with Gasteiger partial charge in [0.15, 0.2) is 0 Å². The summed E-state index contributed by atoms with van der Waals surface area (Å²) in [6.45, 7) is 4.58. The highest BCUT2D eigenvalue weighted by molar-refractivity contribution is 7.99. The molecule has 2 aromatic rings. The van der Waals surface area contributed by atoms with Crippen LogP contribution in [0.3, 0.4) is 0 Å². The van der Waals surface area contributed by atoms with Gasteiger partial charge < -0.3 is 10.2 Å². The van der Waals surface area contributed by atoms with Crippen molar-refractivity contribution in [3.63, 3.8) is 0 Å². The van der Waals surface area contributed by atoms with Crippen molar-refractivity contribution in [2.75, 3.05) is 12.3 Å². The van der Waals surface area contributed by atoms with Gasteiger partial charge >= 0.3 is 0 Å². The summed E-state index contributed by atoms with van der Waals surface area (Å²) in [6.07, 6.45) is 2.89. The lowest BCUT2D eigenvalue weighted by molar-refractivity contribution is -0.140. The number of benzene rings is 2. The van der Waals surface area contributed by atoms with Crippen LogP contribution in [0.1, 0.15) is 45.1 Å². The minimum absolute atomic E-state index is 0.101. The van der Waals surface area contributed by atoms with Gasteiger partial charge in [0, 0.05) is 45.0 Å². The van der Waals surface area contributed by atoms with Crippen LogP contribution in [0, 0.1) is 0 Å². The second kappa shape index (κ2) is 14.0. The van der Waals surface area contributed by atoms with E-state index in [1.54, 1.807) is 41.8 Å². The quantitative estimate of drug-likeness (QED) is 0.248. The Bertz CT molecular complexity index is 873. The topological polar surface area (TPSA) is 49.4 Å². The molecule has 0 radical (unpaired) electrons. The molecule has 2 amide bonds. The van der Waals surface area contributed by atoms with Crippen LogP contribution >= 0.6 is 46.6 Å². The van der Waals surface area contributed by atoms with Gasteiger partial charge in [-0.2, -0.15) is 0 Å². The zero-order chi connectivity index (χ0) is 23.5. The van der Waals surface area contributed by atoms with Gasteiger partial charge in [0.1, 0.15) is 6.04 Å². The third-order valence-corrected chi connectivity index (χ3v) is 7.06. The molecule has 0 bridgehead atoms. The molecule has 0 aromatic heterocycles. The maximum absolute atomic E-state index is 13.1. The van der Waals surface area contributed by atoms with Crippen LogP contribution in [0.2, 0.25) is 15.1 Å². The van der Waals surface area contributed by atoms with E-state index >= 15 is 0 Å². The summed E-state index contributed by atoms with van der Waals surface area (Å²) in [4.78, 5) is 28.5. The number of unbranched alkanes of at least 4 members (excludes halogenated alkanes) is 1. The standard InChI is InChI=1S/C24H29Cl3N2O2S/c1-3-4-14-28-24(31)17(2)29(16-20-21(26)7-5-8-22(20)27)23(30)9-6-15-32-19-12-10-18(25)11-13-19/h5,7-8,10-13,17H,3-4,6,9,14-16H2,1-2H3,(H,28,31)/t17-/m0/s1. The van der Waals surface area contributed by atoms with Crippen LogP contribution in [0.15, 0.2) is 47.4 Å². The van der Waals surface area contributed by atoms with Gasteiger partial charge in [0.2, 0.25) is 11.8 Å². The van der Waals surface area contributed by atoms with E-state index in [4.69, 9.17) is 34.8 Å². The summed E-state index contributed by atoms with van der Waals surface area (Å²) in [7, 11) is 0. The predicted octanol–water partition coefficient (Wildman–Crippen LogP) is 6.85. The van der Waals surface area contributed by atoms with E-state index in [9.17, 15) is 9.59 Å². The fraction of sp³-hybridized carbons (Fsp3) is 0.417. The van der Waals surface area contributed by atoms with Crippen LogP contribution in [-0.4, -0.2) is 35.1 Å². The summed E-state index contributed by atoms with van der Waals surface area (Å²) in [6, 6.07) is 12.2. The van der Waals surface area contributed by atoms with Crippen molar-refractivity contribution in [1.29, 1.82) is 0 Å². The van der Waals surface area contributed by atoms with Gasteiger partial charge in [0.25, 0.3) is 0 Å². The summed E-state index contributed by atoms with van der Waals surface area (Å²) in [5.41, 5.74) is 0.646. The molecule has 2 rings (SSSR count). The molecule has 32 heavy (non-hydrogen) atoms. The minimum atomic E-state index is -0.629. The predicted molar refractivity (Wildman–Crippen MR) is 136 cm³/mol. The average molecular weight is 516 g/mol. The molecule has 0 aliphatic heterocycles. The van der Waals surface area contributed by atoms with E-state index in [-0.39, 0.29) is 18.4 Å². The molecule has 4 nitrogen and oxygen atoms in total. The first-order valence-electron chi connectivity index (χ1n) is 10.7. The lowest BCUT2D eigenvalue weighted by Crippen LogP contribution is -2.47. The normalized spacial score (nSPS) is 11.8. The van der Waals surface area contributed by atoms with Crippen molar-refractivity contribution >= 4 is 58.4 Å². The molecule has 0 saturated heterocycles. The lowest BCUT2D eigenvalue weighted by atomic mass is 10.1. The number of amides is 2. The second-order valence-electron chi connectivity index (χ2n) is 7.45. The number of nitrogens with one attached hydrogen (secondary N) is 1. The van der Waals surface area contributed by atoms with E-state index in [0.29, 0.717) is 40.0 Å². The first-order chi connectivity index (χ1) is 15.3. The SMILES string of the molecule is CCCCNC(=O)[C@H](C)N(Cc1c(Cl)cccc1Cl)C(=O)CCCSc1ccc(Cl)cc1. The highest BCUT2D eigenvalue weighted by Gasteiger charge is 2.27. The molecule has 1 atom stereocenters. The smallest absolute Gasteiger partial charge is 0.242 e. The van der Waals surface area contributed by atoms with Gasteiger partial charge in [-0.05, 0) is 61.9 Å². The molecular formula is C24H29Cl3N2O2S. The van der Waals surface area contributed by atoms with Crippen LogP contribution in [-0.2, 0) is 16.1 Å². The Morgan fingerprint density at radius 3 is 2.31 bits per heavy atom. The van der Waals surface area contributed by atoms with Crippen molar-refractivity contribution in [3.05, 3.63) is 63.1 Å². The highest BCUT2D eigenvalue weighted by Crippen LogP contribution is 2.27. The van der Waals surface area contributed by atoms with Crippen molar-refractivity contribution in [1.82, 2.24) is 10.2 Å². The van der Waals surface area contributed by atoms with Crippen LogP contribution in [0.5, 0.6) is 0 Å². The zero-order valence-electron chi connectivity index (χ0n) is 18.4. The monoisotopic (exact) mass is 514 g/mol. The Kier molecular flexibility index (Phi) is 11.7. The molecule has 0 aliphatic carbocycles. The third-order valence-electron chi connectivity index (χ3n) is 5.00. The molecular weight excluding hydrogens is 487 g/mol. The van der Waals surface area contributed by atoms with Gasteiger partial charge in [-0.15, -0.1) is 11.8 Å². The second-order valence-corrected chi connectivity index (χ2v) is 9.87. The Morgan fingerprint density at radius 2 is 1.69 bits per heavy atom. The van der Waals surface area contributed by atoms with Crippen LogP contribution in [0.4, 0.5) is 0 Å². The fourth-order valence-corrected chi connectivity index (χ4v) is 4.56. The molecule has 8 heteroatoms. The van der Waals surface area contributed by atoms with E-state index in [1.807, 2.05) is 24.3 Å². The number of hydrogen-bond acceptors (Lipinski definition) is 3. The fourth-order valence-electron chi connectivity index (χ4n) is 3.06. The number of thioether (sulfide) groups is 1. The Hall–Kier alpha value is -1.40. The number of halogens is 3. The molecule has 0 fully saturated rings. The van der Waals surface area contributed by atoms with Crippen LogP contribution in [0.25, 0.3) is 0 Å². The number of carbonyl (C=O) groups excluding carboxylic acids is 2. The number of hydrogen-bond donors (Lipinski definition) is 1. The van der Waals surface area contributed by atoms with Crippen molar-refractivity contribution < 1.29 is 9.59 Å². The molecule has 2 aromatic carbocycles. The Morgan fingerprint density at radius 1 is 1.03 bits per heavy atom. The van der Waals surface area contributed by atoms with E-state index < -0.39 is 6.04 Å². The largest absolute Gasteiger partial charge is 0.354 e. The van der Waals surface area contributed by atoms with E-state index in [1.165, 1.54) is 0 Å². The molecule has 0 aliphatic rings. The van der Waals surface area contributed by atoms with Crippen molar-refractivity contribution in [2.24, 2.45) is 0 Å². The van der Waals surface area contributed by atoms with Crippen molar-refractivity contribution in [2.45, 2.75) is 57.0 Å². The maximum Gasteiger partial charge on any atom is 0.242 e. The summed E-state index contributed by atoms with van der Waals surface area (Å²) < 4.78 is 0. The van der Waals surface area contributed by atoms with E-state index in [0.717, 1.165) is 23.5 Å². The number of nitrogens with zero attached hydrogens (tertiary/aromatic N) is 1. The van der Waals surface area contributed by atoms with E-state index in [2.05, 4.69) is 12.2 Å². The van der Waals surface area contributed by atoms with Gasteiger partial charge in [-0.3, -0.25) is 9.59 Å². The van der Waals surface area contributed by atoms with Gasteiger partial charge in [-0.25, -0.2) is 0 Å². The minimum Gasteiger partial charge on any atom is -0.354 e. The lowest BCUT2D eigenvalue weighted by Gasteiger charge is -2.29. The number of rotatable bonds is 12. The van der Waals surface area contributed by atoms with Gasteiger partial charge in [0.05, 0.1) is 0 Å². The average Bonchev–Trinajstić information content (AvgIpc) is 2.77.